The topological polar surface area (TPSA) is 119 Å². The van der Waals surface area contributed by atoms with Crippen LogP contribution in [-0.2, 0) is 20.9 Å². The Balaban J connectivity index is 1.29. The second-order valence-electron chi connectivity index (χ2n) is 19.6. The van der Waals surface area contributed by atoms with E-state index in [1.165, 1.54) is 44.9 Å². The number of allylic oxidation sites excluding steroid dienone is 1. The number of unbranched alkanes of at least 4 members (excludes halogenated alkanes) is 11. The Labute approximate surface area is 418 Å². The molecular formula is C60H80N2O8. The van der Waals surface area contributed by atoms with Crippen LogP contribution in [0.15, 0.2) is 120 Å². The van der Waals surface area contributed by atoms with Gasteiger partial charge in [-0.15, -0.1) is 6.58 Å². The second kappa shape index (κ2) is 27.4. The zero-order valence-electron chi connectivity index (χ0n) is 42.1. The maximum atomic E-state index is 14.7. The Morgan fingerprint density at radius 1 is 0.786 bits per heavy atom. The number of aliphatic hydroxyl groups is 2. The molecule has 2 N–H and O–H groups in total. The smallest absolute Gasteiger partial charge is 0.410 e. The molecule has 3 aliphatic rings. The maximum Gasteiger partial charge on any atom is 0.410 e. The third-order valence-electron chi connectivity index (χ3n) is 14.6. The number of carbonyl (C=O) groups is 1. The van der Waals surface area contributed by atoms with Crippen molar-refractivity contribution in [3.8, 4) is 17.2 Å². The maximum absolute atomic E-state index is 14.7. The van der Waals surface area contributed by atoms with E-state index in [2.05, 4.69) is 56.8 Å². The van der Waals surface area contributed by atoms with Crippen molar-refractivity contribution in [3.05, 3.63) is 126 Å². The van der Waals surface area contributed by atoms with Crippen molar-refractivity contribution < 1.29 is 38.8 Å². The zero-order chi connectivity index (χ0) is 49.0. The molecule has 10 heteroatoms. The molecule has 0 unspecified atom stereocenters. The fraction of sp³-hybridized carbons (Fsp3) is 0.533. The van der Waals surface area contributed by atoms with Crippen LogP contribution in [0.25, 0.3) is 10.8 Å². The van der Waals surface area contributed by atoms with Crippen LogP contribution in [0, 0.1) is 17.8 Å². The first-order chi connectivity index (χ1) is 34.4. The number of benzene rings is 4. The molecule has 1 aliphatic heterocycles. The number of nitrogens with zero attached hydrogens (tertiary/aromatic N) is 2. The van der Waals surface area contributed by atoms with Gasteiger partial charge in [-0.2, -0.15) is 0 Å². The molecule has 1 fully saturated rings. The summed E-state index contributed by atoms with van der Waals surface area (Å²) in [4.78, 5) is 22.9. The van der Waals surface area contributed by atoms with E-state index in [4.69, 9.17) is 28.9 Å². The standard InChI is InChI=1S/C60H80N2O8/c1-4-7-8-9-10-11-12-13-14-24-39-66-59(65)62(35-5-2)56-43-54(61-68-44-45-25-16-15-17-26-45)52-41-48(29-20-22-36-63)51(30-21-23-37-64)57-53-42-50(69-49-32-31-46-27-18-19-28-47(46)40-49)33-34-55(53)70-60(56,58(52)57)67-38-6-3/h6,15-19,25-28,31-34,40-42,48,51,56-58,63-64H,3-5,7-14,20-24,29-30,35-39,43-44H2,1-2H3/t48-,51+,56-,57+,58+,60+/m0/s1. The van der Waals surface area contributed by atoms with Gasteiger partial charge in [0.05, 0.1) is 24.8 Å². The molecule has 0 saturated heterocycles. The van der Waals surface area contributed by atoms with Gasteiger partial charge in [-0.25, -0.2) is 4.79 Å². The predicted molar refractivity (Wildman–Crippen MR) is 280 cm³/mol. The van der Waals surface area contributed by atoms with Gasteiger partial charge >= 0.3 is 6.09 Å². The summed E-state index contributed by atoms with van der Waals surface area (Å²) in [6.45, 7) is 9.90. The number of hydrogen-bond acceptors (Lipinski definition) is 9. The van der Waals surface area contributed by atoms with Gasteiger partial charge in [0.1, 0.15) is 29.9 Å². The molecule has 0 radical (unpaired) electrons. The zero-order valence-corrected chi connectivity index (χ0v) is 42.1. The lowest BCUT2D eigenvalue weighted by molar-refractivity contribution is -0.255. The summed E-state index contributed by atoms with van der Waals surface area (Å²) in [6, 6.07) is 29.9. The van der Waals surface area contributed by atoms with Gasteiger partial charge in [-0.3, -0.25) is 4.90 Å². The van der Waals surface area contributed by atoms with Gasteiger partial charge in [-0.1, -0.05) is 162 Å². The van der Waals surface area contributed by atoms with Gasteiger partial charge in [0.15, 0.2) is 0 Å². The van der Waals surface area contributed by atoms with Crippen LogP contribution in [0.5, 0.6) is 17.2 Å². The first-order valence-corrected chi connectivity index (χ1v) is 26.8. The Hall–Kier alpha value is -5.16. The third-order valence-corrected chi connectivity index (χ3v) is 14.6. The van der Waals surface area contributed by atoms with E-state index >= 15 is 0 Å². The number of aliphatic hydroxyl groups excluding tert-OH is 2. The molecule has 4 aromatic rings. The molecule has 0 bridgehead atoms. The van der Waals surface area contributed by atoms with Crippen molar-refractivity contribution in [2.75, 3.05) is 33.0 Å². The molecular weight excluding hydrogens is 877 g/mol. The molecule has 1 amide bonds. The van der Waals surface area contributed by atoms with E-state index in [1.807, 2.05) is 65.6 Å². The van der Waals surface area contributed by atoms with Crippen LogP contribution in [0.1, 0.15) is 146 Å². The highest BCUT2D eigenvalue weighted by Crippen LogP contribution is 2.62. The monoisotopic (exact) mass is 957 g/mol. The van der Waals surface area contributed by atoms with E-state index in [1.54, 1.807) is 6.08 Å². The number of oxime groups is 1. The van der Waals surface area contributed by atoms with E-state index in [-0.39, 0.29) is 50.3 Å². The van der Waals surface area contributed by atoms with E-state index < -0.39 is 17.7 Å². The number of ether oxygens (including phenoxy) is 4. The first kappa shape index (κ1) is 52.7. The van der Waals surface area contributed by atoms with E-state index in [0.717, 1.165) is 83.9 Å². The molecule has 10 nitrogen and oxygen atoms in total. The highest BCUT2D eigenvalue weighted by atomic mass is 16.7. The first-order valence-electron chi connectivity index (χ1n) is 26.8. The number of amides is 1. The van der Waals surface area contributed by atoms with E-state index in [0.29, 0.717) is 50.3 Å². The van der Waals surface area contributed by atoms with Crippen molar-refractivity contribution in [3.63, 3.8) is 0 Å². The van der Waals surface area contributed by atoms with Gasteiger partial charge < -0.3 is 34.0 Å². The number of hydrogen-bond donors (Lipinski definition) is 2. The third kappa shape index (κ3) is 13.4. The van der Waals surface area contributed by atoms with Crippen LogP contribution in [0.4, 0.5) is 4.79 Å². The predicted octanol–water partition coefficient (Wildman–Crippen LogP) is 14.2. The summed E-state index contributed by atoms with van der Waals surface area (Å²) in [6.07, 6.45) is 21.4. The molecule has 0 spiro atoms. The second-order valence-corrected chi connectivity index (χ2v) is 19.6. The van der Waals surface area contributed by atoms with Gasteiger partial charge in [0, 0.05) is 37.7 Å². The summed E-state index contributed by atoms with van der Waals surface area (Å²) < 4.78 is 27.6. The lowest BCUT2D eigenvalue weighted by atomic mass is 9.55. The summed E-state index contributed by atoms with van der Waals surface area (Å²) in [5, 5.41) is 27.3. The van der Waals surface area contributed by atoms with Crippen LogP contribution >= 0.6 is 0 Å². The van der Waals surface area contributed by atoms with Crippen molar-refractivity contribution in [2.45, 2.75) is 154 Å². The van der Waals surface area contributed by atoms with Gasteiger partial charge in [0.2, 0.25) is 5.79 Å². The summed E-state index contributed by atoms with van der Waals surface area (Å²) in [5.74, 6) is 0.304. The molecule has 4 aromatic carbocycles. The fourth-order valence-corrected chi connectivity index (χ4v) is 11.3. The number of rotatable bonds is 30. The largest absolute Gasteiger partial charge is 0.459 e. The SMILES string of the molecule is C=CCO[C@@]12Oc3ccc(Oc4ccc5ccccc5c4)cc3[C@H]3[C@H](CCCCO)[C@@H](CCCCO)C=C(C(=NOCc4ccccc4)C[C@@H]1N(CCC)C(=O)OCCCCCCCCCCCC)[C@H]32. The number of fused-ring (bicyclic) bond motifs is 3. The fourth-order valence-electron chi connectivity index (χ4n) is 11.3. The average molecular weight is 957 g/mol. The van der Waals surface area contributed by atoms with Crippen molar-refractivity contribution >= 4 is 22.6 Å². The highest BCUT2D eigenvalue weighted by Gasteiger charge is 2.65. The minimum Gasteiger partial charge on any atom is -0.459 e. The van der Waals surface area contributed by atoms with Gasteiger partial charge in [0.25, 0.3) is 0 Å². The van der Waals surface area contributed by atoms with Crippen molar-refractivity contribution in [1.82, 2.24) is 4.90 Å². The summed E-state index contributed by atoms with van der Waals surface area (Å²) in [7, 11) is 0. The summed E-state index contributed by atoms with van der Waals surface area (Å²) in [5.41, 5.74) is 3.76. The number of carbonyl (C=O) groups excluding carboxylic acids is 1. The molecule has 378 valence electrons. The Kier molecular flexibility index (Phi) is 20.6. The Bertz CT molecular complexity index is 2300. The van der Waals surface area contributed by atoms with Crippen LogP contribution < -0.4 is 9.47 Å². The minimum absolute atomic E-state index is 0.0809. The molecule has 2 aliphatic carbocycles. The van der Waals surface area contributed by atoms with Crippen LogP contribution in [-0.4, -0.2) is 71.7 Å². The van der Waals surface area contributed by atoms with Crippen LogP contribution in [0.3, 0.4) is 0 Å². The molecule has 0 aromatic heterocycles. The normalized spacial score (nSPS) is 21.9. The van der Waals surface area contributed by atoms with Gasteiger partial charge in [-0.05, 0) is 103 Å². The minimum atomic E-state index is -1.37. The Morgan fingerprint density at radius 3 is 2.20 bits per heavy atom. The van der Waals surface area contributed by atoms with Crippen molar-refractivity contribution in [1.29, 1.82) is 0 Å². The average Bonchev–Trinajstić information content (AvgIpc) is 3.38. The lowest BCUT2D eigenvalue weighted by Crippen LogP contribution is -2.70. The molecule has 1 heterocycles. The lowest BCUT2D eigenvalue weighted by Gasteiger charge is -2.59. The molecule has 6 atom stereocenters. The Morgan fingerprint density at radius 2 is 1.47 bits per heavy atom. The highest BCUT2D eigenvalue weighted by molar-refractivity contribution is 6.03. The quantitative estimate of drug-likeness (QED) is 0.0301. The summed E-state index contributed by atoms with van der Waals surface area (Å²) >= 11 is 0. The van der Waals surface area contributed by atoms with Crippen molar-refractivity contribution in [2.24, 2.45) is 22.9 Å². The van der Waals surface area contributed by atoms with E-state index in [9.17, 15) is 15.0 Å². The molecule has 7 rings (SSSR count). The molecule has 1 saturated carbocycles. The molecule has 70 heavy (non-hydrogen) atoms. The van der Waals surface area contributed by atoms with Crippen LogP contribution in [0.2, 0.25) is 0 Å².